The molecule has 2 aliphatic heterocycles. The molecule has 1 aromatic heterocycles. The minimum absolute atomic E-state index is 0.0609. The number of benzene rings is 2. The third-order valence-corrected chi connectivity index (χ3v) is 7.08. The van der Waals surface area contributed by atoms with Crippen molar-refractivity contribution in [1.29, 1.82) is 0 Å². The summed E-state index contributed by atoms with van der Waals surface area (Å²) in [5, 5.41) is 0. The van der Waals surface area contributed by atoms with Crippen molar-refractivity contribution >= 4 is 11.8 Å². The number of aromatic nitrogens is 1. The van der Waals surface area contributed by atoms with Gasteiger partial charge in [0.2, 0.25) is 5.91 Å². The summed E-state index contributed by atoms with van der Waals surface area (Å²) in [6.45, 7) is 2.17. The van der Waals surface area contributed by atoms with Crippen LogP contribution in [0.5, 0.6) is 0 Å². The van der Waals surface area contributed by atoms with Gasteiger partial charge in [-0.2, -0.15) is 0 Å². The van der Waals surface area contributed by atoms with E-state index in [1.54, 1.807) is 24.5 Å². The van der Waals surface area contributed by atoms with Crippen LogP contribution in [0, 0.1) is 5.92 Å². The summed E-state index contributed by atoms with van der Waals surface area (Å²) in [4.78, 5) is 35.1. The number of hydrogen-bond donors (Lipinski definition) is 0. The fourth-order valence-electron chi connectivity index (χ4n) is 5.47. The van der Waals surface area contributed by atoms with Crippen LogP contribution < -0.4 is 0 Å². The maximum absolute atomic E-state index is 14.0. The van der Waals surface area contributed by atoms with Crippen molar-refractivity contribution in [3.8, 4) is 0 Å². The quantitative estimate of drug-likeness (QED) is 0.607. The molecule has 5 nitrogen and oxygen atoms in total. The van der Waals surface area contributed by atoms with E-state index in [2.05, 4.69) is 9.88 Å². The fourth-order valence-corrected chi connectivity index (χ4v) is 5.47. The number of amides is 2. The van der Waals surface area contributed by atoms with E-state index < -0.39 is 0 Å². The minimum Gasteiger partial charge on any atom is -0.338 e. The Labute approximate surface area is 195 Å². The van der Waals surface area contributed by atoms with Crippen molar-refractivity contribution in [2.24, 2.45) is 5.92 Å². The van der Waals surface area contributed by atoms with Gasteiger partial charge in [-0.1, -0.05) is 60.7 Å². The predicted octanol–water partition coefficient (Wildman–Crippen LogP) is 4.37. The Morgan fingerprint density at radius 1 is 0.818 bits per heavy atom. The lowest BCUT2D eigenvalue weighted by atomic mass is 9.81. The molecule has 2 amide bonds. The first kappa shape index (κ1) is 21.4. The van der Waals surface area contributed by atoms with Crippen molar-refractivity contribution in [3.05, 3.63) is 102 Å². The van der Waals surface area contributed by atoms with Crippen molar-refractivity contribution in [1.82, 2.24) is 14.8 Å². The summed E-state index contributed by atoms with van der Waals surface area (Å²) in [6, 6.07) is 23.9. The van der Waals surface area contributed by atoms with Gasteiger partial charge in [0, 0.05) is 43.6 Å². The second-order valence-electron chi connectivity index (χ2n) is 9.03. The highest BCUT2D eigenvalue weighted by Crippen LogP contribution is 2.35. The van der Waals surface area contributed by atoms with Gasteiger partial charge < -0.3 is 9.80 Å². The zero-order chi connectivity index (χ0) is 22.6. The summed E-state index contributed by atoms with van der Waals surface area (Å²) < 4.78 is 0. The molecule has 2 fully saturated rings. The Hall–Kier alpha value is -3.47. The lowest BCUT2D eigenvalue weighted by Gasteiger charge is -2.48. The summed E-state index contributed by atoms with van der Waals surface area (Å²) in [5.74, 6) is 0.249. The van der Waals surface area contributed by atoms with Crippen molar-refractivity contribution in [2.75, 3.05) is 19.6 Å². The number of fused-ring (bicyclic) bond motifs is 1. The van der Waals surface area contributed by atoms with Gasteiger partial charge in [-0.3, -0.25) is 14.6 Å². The highest BCUT2D eigenvalue weighted by Gasteiger charge is 2.41. The van der Waals surface area contributed by atoms with Crippen LogP contribution in [-0.2, 0) is 4.79 Å². The van der Waals surface area contributed by atoms with Gasteiger partial charge in [0.05, 0.1) is 5.92 Å². The normalized spacial score (nSPS) is 20.4. The Bertz CT molecular complexity index is 1050. The SMILES string of the molecule is O=C(c1ccncc1)N1CC[C@@H]2[C@H](CCCN2C(=O)C(c2ccccc2)c2ccccc2)C1. The van der Waals surface area contributed by atoms with E-state index in [1.807, 2.05) is 65.6 Å². The van der Waals surface area contributed by atoms with Crippen molar-refractivity contribution in [3.63, 3.8) is 0 Å². The molecule has 3 aromatic rings. The summed E-state index contributed by atoms with van der Waals surface area (Å²) >= 11 is 0. The smallest absolute Gasteiger partial charge is 0.253 e. The van der Waals surface area contributed by atoms with E-state index in [4.69, 9.17) is 0 Å². The number of carbonyl (C=O) groups is 2. The van der Waals surface area contributed by atoms with Crippen LogP contribution in [0.25, 0.3) is 0 Å². The molecule has 168 valence electrons. The van der Waals surface area contributed by atoms with Gasteiger partial charge in [0.15, 0.2) is 0 Å². The molecule has 0 N–H and O–H groups in total. The van der Waals surface area contributed by atoms with Crippen LogP contribution in [0.4, 0.5) is 0 Å². The molecule has 2 saturated heterocycles. The average molecular weight is 440 g/mol. The molecule has 2 atom stereocenters. The molecule has 3 heterocycles. The van der Waals surface area contributed by atoms with Crippen LogP contribution in [0.3, 0.4) is 0 Å². The van der Waals surface area contributed by atoms with Crippen molar-refractivity contribution < 1.29 is 9.59 Å². The zero-order valence-corrected chi connectivity index (χ0v) is 18.7. The van der Waals surface area contributed by atoms with Crippen LogP contribution in [-0.4, -0.2) is 52.3 Å². The fraction of sp³-hybridized carbons (Fsp3) is 0.321. The third-order valence-electron chi connectivity index (χ3n) is 7.08. The molecule has 33 heavy (non-hydrogen) atoms. The van der Waals surface area contributed by atoms with Crippen LogP contribution in [0.1, 0.15) is 46.7 Å². The molecule has 0 radical (unpaired) electrons. The summed E-state index contributed by atoms with van der Waals surface area (Å²) in [5.41, 5.74) is 2.74. The Morgan fingerprint density at radius 3 is 2.09 bits per heavy atom. The minimum atomic E-state index is -0.303. The highest BCUT2D eigenvalue weighted by molar-refractivity contribution is 5.94. The third kappa shape index (κ3) is 4.40. The van der Waals surface area contributed by atoms with E-state index in [0.717, 1.165) is 36.9 Å². The van der Waals surface area contributed by atoms with Gasteiger partial charge >= 0.3 is 0 Å². The van der Waals surface area contributed by atoms with Gasteiger partial charge in [-0.25, -0.2) is 0 Å². The van der Waals surface area contributed by atoms with E-state index in [0.29, 0.717) is 24.6 Å². The number of piperidine rings is 2. The Kier molecular flexibility index (Phi) is 6.20. The topological polar surface area (TPSA) is 53.5 Å². The number of pyridine rings is 1. The van der Waals surface area contributed by atoms with Crippen LogP contribution in [0.2, 0.25) is 0 Å². The molecule has 0 unspecified atom stereocenters. The summed E-state index contributed by atoms with van der Waals surface area (Å²) in [7, 11) is 0. The first-order valence-corrected chi connectivity index (χ1v) is 11.8. The Morgan fingerprint density at radius 2 is 1.45 bits per heavy atom. The van der Waals surface area contributed by atoms with E-state index >= 15 is 0 Å². The van der Waals surface area contributed by atoms with Gasteiger partial charge in [0.25, 0.3) is 5.91 Å². The number of nitrogens with zero attached hydrogens (tertiary/aromatic N) is 3. The maximum atomic E-state index is 14.0. The van der Waals surface area contributed by atoms with Crippen molar-refractivity contribution in [2.45, 2.75) is 31.2 Å². The molecule has 0 aliphatic carbocycles. The van der Waals surface area contributed by atoms with Gasteiger partial charge in [0.1, 0.15) is 0 Å². The molecule has 2 aromatic carbocycles. The van der Waals surface area contributed by atoms with Crippen LogP contribution >= 0.6 is 0 Å². The second-order valence-corrected chi connectivity index (χ2v) is 9.03. The number of carbonyl (C=O) groups excluding carboxylic acids is 2. The van der Waals surface area contributed by atoms with E-state index in [9.17, 15) is 9.59 Å². The molecule has 2 aliphatic rings. The first-order chi connectivity index (χ1) is 16.2. The van der Waals surface area contributed by atoms with Crippen LogP contribution in [0.15, 0.2) is 85.2 Å². The van der Waals surface area contributed by atoms with Gasteiger partial charge in [-0.15, -0.1) is 0 Å². The molecular formula is C28H29N3O2. The number of hydrogen-bond acceptors (Lipinski definition) is 3. The highest BCUT2D eigenvalue weighted by atomic mass is 16.2. The molecule has 5 heteroatoms. The molecule has 5 rings (SSSR count). The number of likely N-dealkylation sites (tertiary alicyclic amines) is 2. The first-order valence-electron chi connectivity index (χ1n) is 11.8. The lowest BCUT2D eigenvalue weighted by molar-refractivity contribution is -0.138. The monoisotopic (exact) mass is 439 g/mol. The van der Waals surface area contributed by atoms with Gasteiger partial charge in [-0.05, 0) is 48.4 Å². The Balaban J connectivity index is 1.37. The maximum Gasteiger partial charge on any atom is 0.253 e. The molecule has 0 bridgehead atoms. The largest absolute Gasteiger partial charge is 0.338 e. The zero-order valence-electron chi connectivity index (χ0n) is 18.7. The van der Waals surface area contributed by atoms with E-state index in [-0.39, 0.29) is 23.8 Å². The molecule has 0 spiro atoms. The second kappa shape index (κ2) is 9.57. The lowest BCUT2D eigenvalue weighted by Crippen LogP contribution is -2.57. The number of rotatable bonds is 4. The van der Waals surface area contributed by atoms with E-state index in [1.165, 1.54) is 0 Å². The molecular weight excluding hydrogens is 410 g/mol. The summed E-state index contributed by atoms with van der Waals surface area (Å²) in [6.07, 6.45) is 6.17. The predicted molar refractivity (Wildman–Crippen MR) is 128 cm³/mol. The molecule has 0 saturated carbocycles. The average Bonchev–Trinajstić information content (AvgIpc) is 2.89. The standard InChI is InChI=1S/C28H29N3O2/c32-27(23-13-16-29-17-14-23)30-19-15-25-24(20-30)12-7-18-31(25)28(33)26(21-8-3-1-4-9-21)22-10-5-2-6-11-22/h1-6,8-11,13-14,16-17,24-26H,7,12,15,18-20H2/t24-,25-/m1/s1.